The number of rotatable bonds is 3. The largest absolute Gasteiger partial charge is 0.480 e. The number of nitrogens with one attached hydrogen (secondary N) is 2. The molecular formula is C11H19N3O4. The molecule has 0 aliphatic carbocycles. The molecule has 0 saturated carbocycles. The fraction of sp³-hybridized carbons (Fsp3) is 0.727. The quantitative estimate of drug-likeness (QED) is 0.642. The first-order chi connectivity index (χ1) is 8.30. The third kappa shape index (κ3) is 2.91. The topological polar surface area (TPSA) is 98.7 Å². The van der Waals surface area contributed by atoms with Gasteiger partial charge in [0, 0.05) is 20.1 Å². The monoisotopic (exact) mass is 257 g/mol. The maximum Gasteiger partial charge on any atom is 0.325 e. The average Bonchev–Trinajstić information content (AvgIpc) is 2.72. The van der Waals surface area contributed by atoms with E-state index in [1.807, 2.05) is 0 Å². The molecule has 1 rings (SSSR count). The summed E-state index contributed by atoms with van der Waals surface area (Å²) in [4.78, 5) is 35.6. The Morgan fingerprint density at radius 1 is 1.39 bits per heavy atom. The van der Waals surface area contributed by atoms with Crippen LogP contribution < -0.4 is 10.6 Å². The lowest BCUT2D eigenvalue weighted by molar-refractivity contribution is -0.138. The van der Waals surface area contributed by atoms with E-state index in [1.54, 1.807) is 14.0 Å². The summed E-state index contributed by atoms with van der Waals surface area (Å²) in [6.45, 7) is 3.93. The number of hydrogen-bond donors (Lipinski definition) is 3. The first-order valence-electron chi connectivity index (χ1n) is 5.80. The molecule has 2 atom stereocenters. The number of carbonyl (C=O) groups is 3. The highest BCUT2D eigenvalue weighted by Crippen LogP contribution is 2.29. The maximum absolute atomic E-state index is 11.8. The Kier molecular flexibility index (Phi) is 4.15. The zero-order valence-corrected chi connectivity index (χ0v) is 10.8. The number of likely N-dealkylation sites (tertiary alicyclic amines) is 1. The smallest absolute Gasteiger partial charge is 0.325 e. The van der Waals surface area contributed by atoms with Crippen LogP contribution in [0.4, 0.5) is 4.79 Å². The van der Waals surface area contributed by atoms with Gasteiger partial charge in [0.05, 0.1) is 5.41 Å². The number of carbonyl (C=O) groups excluding carboxylic acids is 2. The number of carboxylic acid groups (broad SMARTS) is 1. The van der Waals surface area contributed by atoms with Gasteiger partial charge in [0.2, 0.25) is 5.91 Å². The zero-order valence-electron chi connectivity index (χ0n) is 10.8. The highest BCUT2D eigenvalue weighted by Gasteiger charge is 2.41. The van der Waals surface area contributed by atoms with Crippen LogP contribution in [0.2, 0.25) is 0 Å². The molecule has 1 aliphatic rings. The van der Waals surface area contributed by atoms with E-state index in [1.165, 1.54) is 11.8 Å². The number of nitrogens with zero attached hydrogens (tertiary/aromatic N) is 1. The van der Waals surface area contributed by atoms with Gasteiger partial charge in [-0.25, -0.2) is 4.79 Å². The summed E-state index contributed by atoms with van der Waals surface area (Å²) in [5.74, 6) is -1.19. The number of aliphatic carboxylic acids is 1. The third-order valence-electron chi connectivity index (χ3n) is 3.25. The predicted octanol–water partition coefficient (Wildman–Crippen LogP) is -0.373. The Labute approximate surface area is 106 Å². The van der Waals surface area contributed by atoms with Crippen molar-refractivity contribution >= 4 is 17.9 Å². The fourth-order valence-corrected chi connectivity index (χ4v) is 1.96. The van der Waals surface area contributed by atoms with Crippen molar-refractivity contribution in [3.8, 4) is 0 Å². The van der Waals surface area contributed by atoms with Crippen molar-refractivity contribution in [2.24, 2.45) is 5.41 Å². The van der Waals surface area contributed by atoms with Crippen molar-refractivity contribution in [1.29, 1.82) is 0 Å². The number of urea groups is 1. The molecule has 1 aliphatic heterocycles. The molecular weight excluding hydrogens is 238 g/mol. The lowest BCUT2D eigenvalue weighted by atomic mass is 9.89. The van der Waals surface area contributed by atoms with Crippen LogP contribution in [0.15, 0.2) is 0 Å². The van der Waals surface area contributed by atoms with E-state index in [0.717, 1.165) is 0 Å². The molecule has 102 valence electrons. The minimum atomic E-state index is -1.09. The Bertz CT molecular complexity index is 371. The van der Waals surface area contributed by atoms with Crippen molar-refractivity contribution in [3.05, 3.63) is 0 Å². The van der Waals surface area contributed by atoms with Crippen LogP contribution in [0.3, 0.4) is 0 Å². The van der Waals surface area contributed by atoms with Crippen molar-refractivity contribution < 1.29 is 19.5 Å². The van der Waals surface area contributed by atoms with Gasteiger partial charge in [-0.15, -0.1) is 0 Å². The second-order valence-electron chi connectivity index (χ2n) is 4.82. The van der Waals surface area contributed by atoms with Gasteiger partial charge in [-0.2, -0.15) is 0 Å². The first-order valence-corrected chi connectivity index (χ1v) is 5.80. The van der Waals surface area contributed by atoms with Crippen LogP contribution in [0, 0.1) is 5.41 Å². The van der Waals surface area contributed by atoms with E-state index < -0.39 is 23.5 Å². The zero-order chi connectivity index (χ0) is 13.9. The average molecular weight is 257 g/mol. The van der Waals surface area contributed by atoms with E-state index in [4.69, 9.17) is 5.11 Å². The molecule has 0 spiro atoms. The molecule has 1 saturated heterocycles. The number of carboxylic acids is 1. The van der Waals surface area contributed by atoms with Gasteiger partial charge in [0.1, 0.15) is 6.04 Å². The van der Waals surface area contributed by atoms with Crippen molar-refractivity contribution in [3.63, 3.8) is 0 Å². The van der Waals surface area contributed by atoms with Crippen molar-refractivity contribution in [2.75, 3.05) is 20.1 Å². The van der Waals surface area contributed by atoms with Gasteiger partial charge in [0.15, 0.2) is 0 Å². The third-order valence-corrected chi connectivity index (χ3v) is 3.25. The Balaban J connectivity index is 2.59. The normalized spacial score (nSPS) is 24.5. The van der Waals surface area contributed by atoms with E-state index in [0.29, 0.717) is 19.5 Å². The van der Waals surface area contributed by atoms with Gasteiger partial charge >= 0.3 is 12.0 Å². The SMILES string of the molecule is CNC(=O)C1(C)CCN(C(=O)N[C@@H](C)C(=O)O)C1. The number of amides is 3. The molecule has 0 bridgehead atoms. The van der Waals surface area contributed by atoms with Crippen molar-refractivity contribution in [2.45, 2.75) is 26.3 Å². The molecule has 1 fully saturated rings. The molecule has 0 aromatic carbocycles. The minimum absolute atomic E-state index is 0.107. The van der Waals surface area contributed by atoms with Gasteiger partial charge in [-0.3, -0.25) is 9.59 Å². The van der Waals surface area contributed by atoms with Crippen molar-refractivity contribution in [1.82, 2.24) is 15.5 Å². The molecule has 0 radical (unpaired) electrons. The molecule has 0 aromatic rings. The van der Waals surface area contributed by atoms with Gasteiger partial charge in [-0.05, 0) is 20.3 Å². The Morgan fingerprint density at radius 2 is 2.00 bits per heavy atom. The molecule has 3 N–H and O–H groups in total. The Morgan fingerprint density at radius 3 is 2.50 bits per heavy atom. The summed E-state index contributed by atoms with van der Waals surface area (Å²) in [5.41, 5.74) is -0.599. The molecule has 7 nitrogen and oxygen atoms in total. The van der Waals surface area contributed by atoms with E-state index >= 15 is 0 Å². The molecule has 1 unspecified atom stereocenters. The summed E-state index contributed by atoms with van der Waals surface area (Å²) in [6.07, 6.45) is 0.571. The van der Waals surface area contributed by atoms with Gasteiger partial charge in [0.25, 0.3) is 0 Å². The lowest BCUT2D eigenvalue weighted by Gasteiger charge is -2.23. The van der Waals surface area contributed by atoms with Crippen LogP contribution in [-0.4, -0.2) is 54.1 Å². The summed E-state index contributed by atoms with van der Waals surface area (Å²) >= 11 is 0. The van der Waals surface area contributed by atoms with Crippen LogP contribution in [0.25, 0.3) is 0 Å². The van der Waals surface area contributed by atoms with E-state index in [9.17, 15) is 14.4 Å². The minimum Gasteiger partial charge on any atom is -0.480 e. The summed E-state index contributed by atoms with van der Waals surface area (Å²) in [5, 5.41) is 13.7. The number of hydrogen-bond acceptors (Lipinski definition) is 3. The second-order valence-corrected chi connectivity index (χ2v) is 4.82. The summed E-state index contributed by atoms with van der Waals surface area (Å²) < 4.78 is 0. The van der Waals surface area contributed by atoms with Gasteiger partial charge < -0.3 is 20.6 Å². The second kappa shape index (κ2) is 5.24. The van der Waals surface area contributed by atoms with E-state index in [-0.39, 0.29) is 5.91 Å². The fourth-order valence-electron chi connectivity index (χ4n) is 1.96. The molecule has 1 heterocycles. The predicted molar refractivity (Wildman–Crippen MR) is 64.0 cm³/mol. The first kappa shape index (κ1) is 14.3. The highest BCUT2D eigenvalue weighted by atomic mass is 16.4. The highest BCUT2D eigenvalue weighted by molar-refractivity contribution is 5.86. The van der Waals surface area contributed by atoms with Crippen LogP contribution in [0.5, 0.6) is 0 Å². The van der Waals surface area contributed by atoms with Gasteiger partial charge in [-0.1, -0.05) is 0 Å². The van der Waals surface area contributed by atoms with E-state index in [2.05, 4.69) is 10.6 Å². The summed E-state index contributed by atoms with van der Waals surface area (Å²) in [7, 11) is 1.56. The lowest BCUT2D eigenvalue weighted by Crippen LogP contribution is -2.47. The molecule has 0 aromatic heterocycles. The molecule has 3 amide bonds. The van der Waals surface area contributed by atoms with Crippen LogP contribution >= 0.6 is 0 Å². The standard InChI is InChI=1S/C11H19N3O4/c1-7(8(15)16)13-10(18)14-5-4-11(2,6-14)9(17)12-3/h7H,4-6H2,1-3H3,(H,12,17)(H,13,18)(H,15,16)/t7-,11?/m0/s1. The Hall–Kier alpha value is -1.79. The van der Waals surface area contributed by atoms with Crippen LogP contribution in [0.1, 0.15) is 20.3 Å². The summed E-state index contributed by atoms with van der Waals surface area (Å²) in [6, 6.07) is -1.39. The maximum atomic E-state index is 11.8. The van der Waals surface area contributed by atoms with Crippen LogP contribution in [-0.2, 0) is 9.59 Å². The molecule has 18 heavy (non-hydrogen) atoms. The molecule has 7 heteroatoms.